The molecule has 0 saturated carbocycles. The number of hydrogen-bond acceptors (Lipinski definition) is 5. The number of aromatic nitrogens is 2. The third-order valence-electron chi connectivity index (χ3n) is 2.07. The number of nitrogens with zero attached hydrogens (tertiary/aromatic N) is 3. The highest BCUT2D eigenvalue weighted by atomic mass is 79.9. The number of halogens is 1. The molecule has 0 spiro atoms. The topological polar surface area (TPSA) is 101 Å². The fourth-order valence-corrected chi connectivity index (χ4v) is 1.67. The minimum Gasteiger partial charge on any atom is -0.396 e. The Hall–Kier alpha value is -0.990. The molecule has 16 heavy (non-hydrogen) atoms. The Morgan fingerprint density at radius 1 is 1.62 bits per heavy atom. The van der Waals surface area contributed by atoms with E-state index in [-0.39, 0.29) is 12.4 Å². The molecule has 0 fully saturated rings. The van der Waals surface area contributed by atoms with Gasteiger partial charge in [0.2, 0.25) is 0 Å². The van der Waals surface area contributed by atoms with Crippen molar-refractivity contribution < 1.29 is 15.1 Å². The highest BCUT2D eigenvalue weighted by Gasteiger charge is 2.16. The van der Waals surface area contributed by atoms with Crippen LogP contribution in [0.4, 0.5) is 5.82 Å². The van der Waals surface area contributed by atoms with Crippen molar-refractivity contribution in [3.8, 4) is 0 Å². The zero-order valence-electron chi connectivity index (χ0n) is 8.41. The van der Waals surface area contributed by atoms with E-state index < -0.39 is 11.0 Å². The Morgan fingerprint density at radius 2 is 2.31 bits per heavy atom. The molecule has 1 rings (SSSR count). The molecule has 0 bridgehead atoms. The van der Waals surface area contributed by atoms with Crippen LogP contribution in [-0.2, 0) is 6.54 Å². The molecule has 0 amide bonds. The molecule has 0 radical (unpaired) electrons. The van der Waals surface area contributed by atoms with E-state index in [0.29, 0.717) is 24.1 Å². The van der Waals surface area contributed by atoms with Crippen LogP contribution in [0.2, 0.25) is 0 Å². The number of aliphatic hydroxyl groups is 2. The predicted molar refractivity (Wildman–Crippen MR) is 58.9 cm³/mol. The van der Waals surface area contributed by atoms with Crippen molar-refractivity contribution in [3.05, 3.63) is 21.0 Å². The maximum Gasteiger partial charge on any atom is 0.382 e. The summed E-state index contributed by atoms with van der Waals surface area (Å²) in [5, 5.41) is 28.4. The molecule has 1 heterocycles. The first-order valence-electron chi connectivity index (χ1n) is 4.70. The fraction of sp³-hybridized carbons (Fsp3) is 0.625. The van der Waals surface area contributed by atoms with Gasteiger partial charge < -0.3 is 20.3 Å². The minimum absolute atomic E-state index is 0.0770. The number of imidazole rings is 1. The summed E-state index contributed by atoms with van der Waals surface area (Å²) >= 11 is 3.09. The van der Waals surface area contributed by atoms with Gasteiger partial charge in [-0.25, -0.2) is 0 Å². The van der Waals surface area contributed by atoms with Gasteiger partial charge in [0.15, 0.2) is 0 Å². The second-order valence-corrected chi connectivity index (χ2v) is 3.98. The first kappa shape index (κ1) is 13.1. The van der Waals surface area contributed by atoms with Gasteiger partial charge in [0.25, 0.3) is 4.73 Å². The Balaban J connectivity index is 2.57. The predicted octanol–water partition coefficient (Wildman–Crippen LogP) is 0.687. The van der Waals surface area contributed by atoms with Crippen LogP contribution in [-0.4, -0.2) is 37.4 Å². The maximum absolute atomic E-state index is 10.4. The SMILES string of the molecule is O=[N+]([O-])c1cn(CC[C@@H](O)CCO)c(Br)n1. The molecule has 7 nitrogen and oxygen atoms in total. The second kappa shape index (κ2) is 5.92. The first-order valence-corrected chi connectivity index (χ1v) is 5.50. The second-order valence-electron chi connectivity index (χ2n) is 3.27. The zero-order chi connectivity index (χ0) is 12.1. The van der Waals surface area contributed by atoms with Crippen molar-refractivity contribution in [1.29, 1.82) is 0 Å². The van der Waals surface area contributed by atoms with Gasteiger partial charge in [0.05, 0.1) is 6.10 Å². The number of hydrogen-bond donors (Lipinski definition) is 2. The third kappa shape index (κ3) is 3.54. The van der Waals surface area contributed by atoms with E-state index in [1.165, 1.54) is 6.20 Å². The molecular formula is C8H12BrN3O4. The van der Waals surface area contributed by atoms with E-state index in [0.717, 1.165) is 0 Å². The van der Waals surface area contributed by atoms with Crippen LogP contribution in [0.25, 0.3) is 0 Å². The average Bonchev–Trinajstić information content (AvgIpc) is 2.58. The highest BCUT2D eigenvalue weighted by Crippen LogP contribution is 2.17. The van der Waals surface area contributed by atoms with Gasteiger partial charge in [-0.1, -0.05) is 0 Å². The molecule has 0 saturated heterocycles. The summed E-state index contributed by atoms with van der Waals surface area (Å²) < 4.78 is 1.90. The van der Waals surface area contributed by atoms with Crippen LogP contribution in [0, 0.1) is 10.1 Å². The summed E-state index contributed by atoms with van der Waals surface area (Å²) in [6.07, 6.45) is 1.40. The number of aliphatic hydroxyl groups excluding tert-OH is 2. The molecule has 1 aromatic heterocycles. The quantitative estimate of drug-likeness (QED) is 0.593. The van der Waals surface area contributed by atoms with E-state index in [9.17, 15) is 15.2 Å². The molecule has 0 aliphatic rings. The Morgan fingerprint density at radius 3 is 2.81 bits per heavy atom. The highest BCUT2D eigenvalue weighted by molar-refractivity contribution is 9.10. The van der Waals surface area contributed by atoms with Crippen LogP contribution in [0.1, 0.15) is 12.8 Å². The van der Waals surface area contributed by atoms with Gasteiger partial charge in [0.1, 0.15) is 6.20 Å². The van der Waals surface area contributed by atoms with Gasteiger partial charge in [-0.3, -0.25) is 4.57 Å². The van der Waals surface area contributed by atoms with E-state index >= 15 is 0 Å². The summed E-state index contributed by atoms with van der Waals surface area (Å²) in [5.74, 6) is -0.233. The van der Waals surface area contributed by atoms with E-state index in [1.807, 2.05) is 0 Å². The Labute approximate surface area is 100 Å². The van der Waals surface area contributed by atoms with Crippen molar-refractivity contribution in [2.24, 2.45) is 0 Å². The monoisotopic (exact) mass is 293 g/mol. The van der Waals surface area contributed by atoms with Crippen LogP contribution in [0.15, 0.2) is 10.9 Å². The van der Waals surface area contributed by atoms with Gasteiger partial charge in [-0.2, -0.15) is 0 Å². The van der Waals surface area contributed by atoms with E-state index in [1.54, 1.807) is 4.57 Å². The molecule has 0 aromatic carbocycles. The molecule has 0 unspecified atom stereocenters. The van der Waals surface area contributed by atoms with Crippen molar-refractivity contribution in [1.82, 2.24) is 9.55 Å². The maximum atomic E-state index is 10.4. The van der Waals surface area contributed by atoms with Gasteiger partial charge in [-0.15, -0.1) is 0 Å². The molecule has 1 aromatic rings. The summed E-state index contributed by atoms with van der Waals surface area (Å²) in [5.41, 5.74) is 0. The van der Waals surface area contributed by atoms with Crippen LogP contribution >= 0.6 is 15.9 Å². The Kier molecular flexibility index (Phi) is 4.84. The minimum atomic E-state index is -0.613. The molecule has 90 valence electrons. The van der Waals surface area contributed by atoms with Crippen molar-refractivity contribution in [2.75, 3.05) is 6.61 Å². The van der Waals surface area contributed by atoms with Crippen LogP contribution in [0.5, 0.6) is 0 Å². The van der Waals surface area contributed by atoms with Crippen molar-refractivity contribution in [3.63, 3.8) is 0 Å². The summed E-state index contributed by atoms with van der Waals surface area (Å²) in [6, 6.07) is 0. The van der Waals surface area contributed by atoms with E-state index in [4.69, 9.17) is 5.11 Å². The first-order chi connectivity index (χ1) is 7.54. The smallest absolute Gasteiger partial charge is 0.382 e. The van der Waals surface area contributed by atoms with Gasteiger partial charge in [0, 0.05) is 29.1 Å². The van der Waals surface area contributed by atoms with Crippen molar-refractivity contribution in [2.45, 2.75) is 25.5 Å². The van der Waals surface area contributed by atoms with E-state index in [2.05, 4.69) is 20.9 Å². The van der Waals surface area contributed by atoms with Gasteiger partial charge in [-0.05, 0) is 22.7 Å². The van der Waals surface area contributed by atoms with Gasteiger partial charge >= 0.3 is 5.82 Å². The molecule has 0 aliphatic heterocycles. The summed E-state index contributed by atoms with van der Waals surface area (Å²) in [4.78, 5) is 13.5. The van der Waals surface area contributed by atoms with Crippen molar-refractivity contribution >= 4 is 21.7 Å². The Bertz CT molecular complexity index is 368. The fourth-order valence-electron chi connectivity index (χ4n) is 1.21. The number of rotatable bonds is 6. The molecule has 1 atom stereocenters. The lowest BCUT2D eigenvalue weighted by atomic mass is 10.2. The van der Waals surface area contributed by atoms with Crippen LogP contribution in [0.3, 0.4) is 0 Å². The standard InChI is InChI=1S/C8H12BrN3O4/c9-8-10-7(12(15)16)5-11(8)3-1-6(14)2-4-13/h5-6,13-14H,1-4H2/t6-/m1/s1. The lowest BCUT2D eigenvalue weighted by molar-refractivity contribution is -0.389. The number of nitro groups is 1. The third-order valence-corrected chi connectivity index (χ3v) is 2.70. The largest absolute Gasteiger partial charge is 0.396 e. The molecule has 8 heteroatoms. The molecule has 0 aliphatic carbocycles. The normalized spacial score (nSPS) is 12.7. The summed E-state index contributed by atoms with van der Waals surface area (Å²) in [6.45, 7) is 0.328. The average molecular weight is 294 g/mol. The summed E-state index contributed by atoms with van der Waals surface area (Å²) in [7, 11) is 0. The van der Waals surface area contributed by atoms with Crippen LogP contribution < -0.4 is 0 Å². The number of aryl methyl sites for hydroxylation is 1. The molecule has 2 N–H and O–H groups in total. The lowest BCUT2D eigenvalue weighted by Gasteiger charge is -2.08. The zero-order valence-corrected chi connectivity index (χ0v) is 10.00. The lowest BCUT2D eigenvalue weighted by Crippen LogP contribution is -2.12. The molecular weight excluding hydrogens is 282 g/mol.